The molecular formula is C15H14ClN3S. The lowest BCUT2D eigenvalue weighted by Crippen LogP contribution is -2.04. The number of aromatic nitrogens is 2. The first-order valence-electron chi connectivity index (χ1n) is 6.32. The monoisotopic (exact) mass is 303 g/mol. The van der Waals surface area contributed by atoms with E-state index in [0.717, 1.165) is 28.2 Å². The molecule has 102 valence electrons. The minimum absolute atomic E-state index is 0.723. The molecule has 20 heavy (non-hydrogen) atoms. The zero-order chi connectivity index (χ0) is 13.9. The molecule has 3 nitrogen and oxygen atoms in total. The van der Waals surface area contributed by atoms with Gasteiger partial charge in [-0.15, -0.1) is 11.3 Å². The largest absolute Gasteiger partial charge is 0.350 e. The molecule has 1 aromatic carbocycles. The van der Waals surface area contributed by atoms with Crippen molar-refractivity contribution in [1.82, 2.24) is 9.55 Å². The van der Waals surface area contributed by atoms with Crippen LogP contribution in [0.25, 0.3) is 5.69 Å². The van der Waals surface area contributed by atoms with Crippen LogP contribution in [0.4, 0.5) is 5.95 Å². The van der Waals surface area contributed by atoms with Gasteiger partial charge in [0.15, 0.2) is 0 Å². The Labute approximate surface area is 126 Å². The van der Waals surface area contributed by atoms with Crippen molar-refractivity contribution in [3.8, 4) is 5.69 Å². The lowest BCUT2D eigenvalue weighted by molar-refractivity contribution is 1.01. The molecule has 0 spiro atoms. The minimum Gasteiger partial charge on any atom is -0.350 e. The number of halogens is 1. The zero-order valence-corrected chi connectivity index (χ0v) is 12.6. The van der Waals surface area contributed by atoms with Crippen molar-refractivity contribution in [2.24, 2.45) is 0 Å². The van der Waals surface area contributed by atoms with Crippen LogP contribution >= 0.6 is 22.9 Å². The van der Waals surface area contributed by atoms with Crippen LogP contribution in [0.2, 0.25) is 4.34 Å². The number of para-hydroxylation sites is 1. The Kier molecular flexibility index (Phi) is 3.76. The maximum absolute atomic E-state index is 5.94. The highest BCUT2D eigenvalue weighted by Gasteiger charge is 2.07. The van der Waals surface area contributed by atoms with E-state index < -0.39 is 0 Å². The van der Waals surface area contributed by atoms with Gasteiger partial charge < -0.3 is 5.32 Å². The van der Waals surface area contributed by atoms with Gasteiger partial charge in [-0.3, -0.25) is 4.57 Å². The number of rotatable bonds is 4. The van der Waals surface area contributed by atoms with Gasteiger partial charge in [-0.05, 0) is 31.2 Å². The number of nitrogens with one attached hydrogen (secondary N) is 1. The summed E-state index contributed by atoms with van der Waals surface area (Å²) in [7, 11) is 0. The van der Waals surface area contributed by atoms with E-state index in [1.54, 1.807) is 11.3 Å². The molecule has 0 atom stereocenters. The smallest absolute Gasteiger partial charge is 0.208 e. The fourth-order valence-electron chi connectivity index (χ4n) is 2.02. The standard InChI is InChI=1S/C15H14ClN3S/c1-11-10-19(12-5-3-2-4-6-12)15(18-11)17-9-13-7-8-14(16)20-13/h2-8,10H,9H2,1H3,(H,17,18). The van der Waals surface area contributed by atoms with Crippen molar-refractivity contribution in [1.29, 1.82) is 0 Å². The highest BCUT2D eigenvalue weighted by molar-refractivity contribution is 7.16. The summed E-state index contributed by atoms with van der Waals surface area (Å²) in [6.07, 6.45) is 2.03. The van der Waals surface area contributed by atoms with Crippen LogP contribution in [0.15, 0.2) is 48.7 Å². The predicted octanol–water partition coefficient (Wildman–Crippen LogP) is 4.51. The average Bonchev–Trinajstić information content (AvgIpc) is 3.03. The number of anilines is 1. The summed E-state index contributed by atoms with van der Waals surface area (Å²) in [4.78, 5) is 5.72. The molecule has 5 heteroatoms. The second kappa shape index (κ2) is 5.69. The fourth-order valence-corrected chi connectivity index (χ4v) is 3.05. The van der Waals surface area contributed by atoms with Crippen LogP contribution in [-0.2, 0) is 6.54 Å². The first-order chi connectivity index (χ1) is 9.72. The summed E-state index contributed by atoms with van der Waals surface area (Å²) in [5, 5.41) is 3.37. The first kappa shape index (κ1) is 13.2. The normalized spacial score (nSPS) is 10.7. The summed E-state index contributed by atoms with van der Waals surface area (Å²) in [6, 6.07) is 14.1. The van der Waals surface area contributed by atoms with Crippen LogP contribution in [-0.4, -0.2) is 9.55 Å². The van der Waals surface area contributed by atoms with Crippen LogP contribution in [0.3, 0.4) is 0 Å². The van der Waals surface area contributed by atoms with Gasteiger partial charge in [-0.1, -0.05) is 29.8 Å². The molecule has 0 radical (unpaired) electrons. The van der Waals surface area contributed by atoms with Crippen LogP contribution in [0.1, 0.15) is 10.6 Å². The number of imidazole rings is 1. The lowest BCUT2D eigenvalue weighted by Gasteiger charge is -2.08. The van der Waals surface area contributed by atoms with Crippen LogP contribution < -0.4 is 5.32 Å². The number of nitrogens with zero attached hydrogens (tertiary/aromatic N) is 2. The SMILES string of the molecule is Cc1cn(-c2ccccc2)c(NCc2ccc(Cl)s2)n1. The van der Waals surface area contributed by atoms with Gasteiger partial charge in [-0.2, -0.15) is 0 Å². The van der Waals surface area contributed by atoms with Gasteiger partial charge in [0.05, 0.1) is 16.6 Å². The van der Waals surface area contributed by atoms with Gasteiger partial charge in [0, 0.05) is 16.8 Å². The van der Waals surface area contributed by atoms with Crippen molar-refractivity contribution >= 4 is 28.9 Å². The molecule has 0 saturated carbocycles. The summed E-state index contributed by atoms with van der Waals surface area (Å²) in [5.74, 6) is 0.846. The molecule has 0 aliphatic carbocycles. The van der Waals surface area contributed by atoms with E-state index in [9.17, 15) is 0 Å². The second-order valence-corrected chi connectivity index (χ2v) is 6.27. The summed E-state index contributed by atoms with van der Waals surface area (Å²) in [6.45, 7) is 2.72. The number of hydrogen-bond acceptors (Lipinski definition) is 3. The van der Waals surface area contributed by atoms with Crippen molar-refractivity contribution < 1.29 is 0 Å². The van der Waals surface area contributed by atoms with Gasteiger partial charge in [0.2, 0.25) is 5.95 Å². The zero-order valence-electron chi connectivity index (χ0n) is 11.0. The quantitative estimate of drug-likeness (QED) is 0.768. The van der Waals surface area contributed by atoms with E-state index in [1.165, 1.54) is 4.88 Å². The van der Waals surface area contributed by atoms with Crippen molar-refractivity contribution in [3.05, 3.63) is 63.6 Å². The maximum Gasteiger partial charge on any atom is 0.208 e. The Morgan fingerprint density at radius 1 is 1.20 bits per heavy atom. The Morgan fingerprint density at radius 2 is 2.00 bits per heavy atom. The highest BCUT2D eigenvalue weighted by Crippen LogP contribution is 2.23. The van der Waals surface area contributed by atoms with E-state index in [4.69, 9.17) is 11.6 Å². The second-order valence-electron chi connectivity index (χ2n) is 4.47. The highest BCUT2D eigenvalue weighted by atomic mass is 35.5. The fraction of sp³-hybridized carbons (Fsp3) is 0.133. The third-order valence-electron chi connectivity index (χ3n) is 2.91. The Morgan fingerprint density at radius 3 is 2.70 bits per heavy atom. The Balaban J connectivity index is 1.83. The molecular weight excluding hydrogens is 290 g/mol. The third kappa shape index (κ3) is 2.86. The Hall–Kier alpha value is -1.78. The molecule has 1 N–H and O–H groups in total. The molecule has 3 aromatic rings. The summed E-state index contributed by atoms with van der Waals surface area (Å²) < 4.78 is 2.87. The number of benzene rings is 1. The molecule has 2 heterocycles. The molecule has 0 bridgehead atoms. The van der Waals surface area contributed by atoms with E-state index >= 15 is 0 Å². The van der Waals surface area contributed by atoms with Gasteiger partial charge >= 0.3 is 0 Å². The molecule has 0 unspecified atom stereocenters. The number of thiophene rings is 1. The topological polar surface area (TPSA) is 29.9 Å². The molecule has 0 aliphatic rings. The maximum atomic E-state index is 5.94. The predicted molar refractivity (Wildman–Crippen MR) is 85.0 cm³/mol. The van der Waals surface area contributed by atoms with E-state index in [1.807, 2.05) is 43.5 Å². The van der Waals surface area contributed by atoms with E-state index in [2.05, 4.69) is 27.0 Å². The summed E-state index contributed by atoms with van der Waals surface area (Å²) >= 11 is 7.52. The van der Waals surface area contributed by atoms with E-state index in [-0.39, 0.29) is 0 Å². The summed E-state index contributed by atoms with van der Waals surface area (Å²) in [5.41, 5.74) is 2.08. The van der Waals surface area contributed by atoms with Crippen molar-refractivity contribution in [2.75, 3.05) is 5.32 Å². The van der Waals surface area contributed by atoms with Crippen molar-refractivity contribution in [3.63, 3.8) is 0 Å². The average molecular weight is 304 g/mol. The lowest BCUT2D eigenvalue weighted by atomic mass is 10.3. The third-order valence-corrected chi connectivity index (χ3v) is 4.14. The molecule has 0 fully saturated rings. The molecule has 2 aromatic heterocycles. The first-order valence-corrected chi connectivity index (χ1v) is 7.51. The van der Waals surface area contributed by atoms with Gasteiger partial charge in [0.25, 0.3) is 0 Å². The molecule has 0 saturated heterocycles. The molecule has 0 amide bonds. The van der Waals surface area contributed by atoms with Gasteiger partial charge in [-0.25, -0.2) is 4.98 Å². The van der Waals surface area contributed by atoms with E-state index in [0.29, 0.717) is 0 Å². The molecule has 0 aliphatic heterocycles. The molecule has 3 rings (SSSR count). The Bertz CT molecular complexity index is 703. The minimum atomic E-state index is 0.723. The number of hydrogen-bond donors (Lipinski definition) is 1. The van der Waals surface area contributed by atoms with Crippen LogP contribution in [0.5, 0.6) is 0 Å². The number of aryl methyl sites for hydroxylation is 1. The van der Waals surface area contributed by atoms with Crippen LogP contribution in [0, 0.1) is 6.92 Å². The van der Waals surface area contributed by atoms with Crippen molar-refractivity contribution in [2.45, 2.75) is 13.5 Å². The van der Waals surface area contributed by atoms with Gasteiger partial charge in [0.1, 0.15) is 0 Å².